The Morgan fingerprint density at radius 1 is 1.38 bits per heavy atom. The molecule has 1 unspecified atom stereocenters. The Kier molecular flexibility index (Phi) is 5.09. The summed E-state index contributed by atoms with van der Waals surface area (Å²) in [5.41, 5.74) is 0.467. The predicted octanol–water partition coefficient (Wildman–Crippen LogP) is 0.797. The monoisotopic (exact) mass is 397 g/mol. The first kappa shape index (κ1) is 16.9. The van der Waals surface area contributed by atoms with Crippen molar-refractivity contribution in [3.05, 3.63) is 28.2 Å². The second-order valence-corrected chi connectivity index (χ2v) is 9.76. The van der Waals surface area contributed by atoms with Crippen LogP contribution in [0.15, 0.2) is 27.6 Å². The van der Waals surface area contributed by atoms with Crippen LogP contribution in [-0.2, 0) is 26.5 Å². The molecule has 1 heterocycles. The van der Waals surface area contributed by atoms with Crippen LogP contribution in [0.1, 0.15) is 18.4 Å². The summed E-state index contributed by atoms with van der Waals surface area (Å²) in [5.74, 6) is -0.0710. The van der Waals surface area contributed by atoms with Gasteiger partial charge < -0.3 is 5.11 Å². The molecule has 0 radical (unpaired) electrons. The van der Waals surface area contributed by atoms with E-state index in [-0.39, 0.29) is 23.0 Å². The molecule has 0 aromatic heterocycles. The number of sulfone groups is 1. The van der Waals surface area contributed by atoms with Gasteiger partial charge in [0.05, 0.1) is 23.0 Å². The topological polar surface area (TPSA) is 101 Å². The highest BCUT2D eigenvalue weighted by molar-refractivity contribution is 9.10. The standard InChI is InChI=1S/C12H16BrNO5S2/c13-11-4-3-9(7-15)6-12(11)21(18,19)14-10-2-1-5-20(16,17)8-10/h3-4,6,10,14-15H,1-2,5,7-8H2. The number of aliphatic hydroxyl groups excluding tert-OH is 1. The Balaban J connectivity index is 2.26. The number of aliphatic hydroxyl groups is 1. The van der Waals surface area contributed by atoms with Crippen molar-refractivity contribution in [2.75, 3.05) is 11.5 Å². The zero-order chi connectivity index (χ0) is 15.7. The van der Waals surface area contributed by atoms with Crippen LogP contribution < -0.4 is 4.72 Å². The summed E-state index contributed by atoms with van der Waals surface area (Å²) in [4.78, 5) is -0.00276. The van der Waals surface area contributed by atoms with Gasteiger partial charge in [0.1, 0.15) is 0 Å². The molecule has 21 heavy (non-hydrogen) atoms. The molecule has 1 aliphatic heterocycles. The van der Waals surface area contributed by atoms with E-state index in [2.05, 4.69) is 20.7 Å². The van der Waals surface area contributed by atoms with Gasteiger partial charge in [0.25, 0.3) is 0 Å². The molecular weight excluding hydrogens is 382 g/mol. The van der Waals surface area contributed by atoms with E-state index in [4.69, 9.17) is 5.11 Å². The zero-order valence-electron chi connectivity index (χ0n) is 11.1. The maximum absolute atomic E-state index is 12.4. The quantitative estimate of drug-likeness (QED) is 0.782. The third-order valence-electron chi connectivity index (χ3n) is 3.25. The van der Waals surface area contributed by atoms with Crippen molar-refractivity contribution >= 4 is 35.8 Å². The van der Waals surface area contributed by atoms with E-state index in [0.29, 0.717) is 22.9 Å². The van der Waals surface area contributed by atoms with Gasteiger partial charge in [-0.2, -0.15) is 0 Å². The molecule has 1 aromatic carbocycles. The third kappa shape index (κ3) is 4.26. The van der Waals surface area contributed by atoms with Crippen LogP contribution in [0.4, 0.5) is 0 Å². The molecule has 6 nitrogen and oxygen atoms in total. The van der Waals surface area contributed by atoms with Crippen molar-refractivity contribution in [1.82, 2.24) is 4.72 Å². The van der Waals surface area contributed by atoms with Crippen LogP contribution >= 0.6 is 15.9 Å². The summed E-state index contributed by atoms with van der Waals surface area (Å²) in [6.07, 6.45) is 0.948. The zero-order valence-corrected chi connectivity index (χ0v) is 14.3. The van der Waals surface area contributed by atoms with E-state index in [9.17, 15) is 16.8 Å². The van der Waals surface area contributed by atoms with Crippen LogP contribution in [0.2, 0.25) is 0 Å². The van der Waals surface area contributed by atoms with Crippen molar-refractivity contribution in [3.8, 4) is 0 Å². The van der Waals surface area contributed by atoms with Crippen LogP contribution in [0.25, 0.3) is 0 Å². The minimum absolute atomic E-state index is 0.00276. The largest absolute Gasteiger partial charge is 0.392 e. The second kappa shape index (κ2) is 6.33. The molecule has 1 aliphatic rings. The fraction of sp³-hybridized carbons (Fsp3) is 0.500. The van der Waals surface area contributed by atoms with Crippen molar-refractivity contribution < 1.29 is 21.9 Å². The average Bonchev–Trinajstić information content (AvgIpc) is 2.37. The number of halogens is 1. The Bertz CT molecular complexity index is 730. The first-order chi connectivity index (χ1) is 9.73. The summed E-state index contributed by atoms with van der Waals surface area (Å²) < 4.78 is 50.7. The van der Waals surface area contributed by atoms with Crippen LogP contribution in [0.5, 0.6) is 0 Å². The maximum Gasteiger partial charge on any atom is 0.241 e. The minimum Gasteiger partial charge on any atom is -0.392 e. The number of benzene rings is 1. The lowest BCUT2D eigenvalue weighted by Crippen LogP contribution is -2.43. The Hall–Kier alpha value is -0.480. The van der Waals surface area contributed by atoms with Gasteiger partial charge in [0, 0.05) is 10.5 Å². The van der Waals surface area contributed by atoms with E-state index in [0.717, 1.165) is 0 Å². The van der Waals surface area contributed by atoms with E-state index >= 15 is 0 Å². The minimum atomic E-state index is -3.85. The maximum atomic E-state index is 12.4. The SMILES string of the molecule is O=S1(=O)CCCC(NS(=O)(=O)c2cc(CO)ccc2Br)C1. The molecule has 9 heteroatoms. The first-order valence-corrected chi connectivity index (χ1v) is 10.5. The van der Waals surface area contributed by atoms with E-state index in [1.54, 1.807) is 6.07 Å². The number of nitrogens with one attached hydrogen (secondary N) is 1. The molecule has 0 spiro atoms. The molecule has 2 N–H and O–H groups in total. The van der Waals surface area contributed by atoms with Gasteiger partial charge in [-0.25, -0.2) is 21.6 Å². The summed E-state index contributed by atoms with van der Waals surface area (Å²) in [6.45, 7) is -0.270. The second-order valence-electron chi connectivity index (χ2n) is 5.00. The van der Waals surface area contributed by atoms with Crippen LogP contribution in [-0.4, -0.2) is 39.5 Å². The van der Waals surface area contributed by atoms with Crippen LogP contribution in [0, 0.1) is 0 Å². The highest BCUT2D eigenvalue weighted by Gasteiger charge is 2.29. The Morgan fingerprint density at radius 3 is 2.71 bits per heavy atom. The fourth-order valence-corrected chi connectivity index (χ4v) is 6.28. The summed E-state index contributed by atoms with van der Waals surface area (Å²) >= 11 is 3.16. The van der Waals surface area contributed by atoms with Crippen molar-refractivity contribution in [2.45, 2.75) is 30.4 Å². The fourth-order valence-electron chi connectivity index (χ4n) is 2.25. The van der Waals surface area contributed by atoms with E-state index in [1.165, 1.54) is 12.1 Å². The molecule has 1 saturated heterocycles. The molecule has 2 rings (SSSR count). The molecule has 1 atom stereocenters. The normalized spacial score (nSPS) is 22.1. The van der Waals surface area contributed by atoms with Gasteiger partial charge in [-0.1, -0.05) is 6.07 Å². The lowest BCUT2D eigenvalue weighted by Gasteiger charge is -2.23. The Labute approximate surface area is 132 Å². The Morgan fingerprint density at radius 2 is 2.10 bits per heavy atom. The number of hydrogen-bond donors (Lipinski definition) is 2. The van der Waals surface area contributed by atoms with Crippen LogP contribution in [0.3, 0.4) is 0 Å². The van der Waals surface area contributed by atoms with Gasteiger partial charge in [0.2, 0.25) is 10.0 Å². The highest BCUT2D eigenvalue weighted by atomic mass is 79.9. The van der Waals surface area contributed by atoms with Crippen molar-refractivity contribution in [2.24, 2.45) is 0 Å². The van der Waals surface area contributed by atoms with Gasteiger partial charge in [-0.05, 0) is 46.5 Å². The van der Waals surface area contributed by atoms with Gasteiger partial charge >= 0.3 is 0 Å². The molecule has 0 bridgehead atoms. The lowest BCUT2D eigenvalue weighted by molar-refractivity contribution is 0.281. The molecular formula is C12H16BrNO5S2. The van der Waals surface area contributed by atoms with Gasteiger partial charge in [0.15, 0.2) is 9.84 Å². The average molecular weight is 398 g/mol. The van der Waals surface area contributed by atoms with E-state index < -0.39 is 25.9 Å². The molecule has 0 saturated carbocycles. The molecule has 0 aliphatic carbocycles. The first-order valence-electron chi connectivity index (χ1n) is 6.35. The van der Waals surface area contributed by atoms with Crippen molar-refractivity contribution in [1.29, 1.82) is 0 Å². The molecule has 0 amide bonds. The van der Waals surface area contributed by atoms with E-state index in [1.807, 2.05) is 0 Å². The van der Waals surface area contributed by atoms with Crippen molar-refractivity contribution in [3.63, 3.8) is 0 Å². The molecule has 1 fully saturated rings. The third-order valence-corrected chi connectivity index (χ3v) is 7.59. The predicted molar refractivity (Wildman–Crippen MR) is 82.1 cm³/mol. The highest BCUT2D eigenvalue weighted by Crippen LogP contribution is 2.24. The summed E-state index contributed by atoms with van der Waals surface area (Å²) in [6, 6.07) is 3.90. The van der Waals surface area contributed by atoms with Gasteiger partial charge in [-0.15, -0.1) is 0 Å². The summed E-state index contributed by atoms with van der Waals surface area (Å²) in [5, 5.41) is 9.10. The smallest absolute Gasteiger partial charge is 0.241 e. The number of hydrogen-bond acceptors (Lipinski definition) is 5. The molecule has 1 aromatic rings. The number of rotatable bonds is 4. The lowest BCUT2D eigenvalue weighted by atomic mass is 10.2. The molecule has 118 valence electrons. The number of sulfonamides is 1. The summed E-state index contributed by atoms with van der Waals surface area (Å²) in [7, 11) is -7.03. The van der Waals surface area contributed by atoms with Gasteiger partial charge in [-0.3, -0.25) is 0 Å².